The Bertz CT molecular complexity index is 744. The molecular weight excluding hydrogens is 326 g/mol. The van der Waals surface area contributed by atoms with Gasteiger partial charge < -0.3 is 14.5 Å². The second kappa shape index (κ2) is 7.76. The van der Waals surface area contributed by atoms with Gasteiger partial charge >= 0.3 is 0 Å². The Balaban J connectivity index is 1.40. The molecule has 3 heterocycles. The Kier molecular flexibility index (Phi) is 5.22. The number of likely N-dealkylation sites (tertiary alicyclic amines) is 1. The summed E-state index contributed by atoms with van der Waals surface area (Å²) in [4.78, 5) is 16.2. The van der Waals surface area contributed by atoms with Crippen molar-refractivity contribution >= 4 is 16.6 Å². The number of methoxy groups -OCH3 is 1. The molecule has 0 spiro atoms. The second-order valence-corrected chi connectivity index (χ2v) is 7.50. The Morgan fingerprint density at radius 3 is 2.69 bits per heavy atom. The average Bonchev–Trinajstić information content (AvgIpc) is 2.69. The molecule has 1 unspecified atom stereocenters. The Morgan fingerprint density at radius 2 is 1.92 bits per heavy atom. The van der Waals surface area contributed by atoms with Crippen molar-refractivity contribution in [3.63, 3.8) is 0 Å². The fourth-order valence-corrected chi connectivity index (χ4v) is 4.24. The molecule has 6 nitrogen and oxygen atoms in total. The lowest BCUT2D eigenvalue weighted by molar-refractivity contribution is 0.125. The van der Waals surface area contributed by atoms with E-state index in [4.69, 9.17) is 4.74 Å². The van der Waals surface area contributed by atoms with Crippen LogP contribution in [0.15, 0.2) is 24.5 Å². The number of likely N-dealkylation sites (N-methyl/N-ethyl adjacent to an activating group) is 1. The number of rotatable bonds is 4. The first-order valence-corrected chi connectivity index (χ1v) is 9.71. The van der Waals surface area contributed by atoms with Gasteiger partial charge in [-0.25, -0.2) is 9.97 Å². The minimum atomic E-state index is 0.649. The van der Waals surface area contributed by atoms with Crippen LogP contribution < -0.4 is 9.64 Å². The lowest BCUT2D eigenvalue weighted by Crippen LogP contribution is -2.51. The Labute approximate surface area is 155 Å². The molecule has 0 N–H and O–H groups in total. The van der Waals surface area contributed by atoms with Crippen molar-refractivity contribution < 1.29 is 4.74 Å². The number of aromatic nitrogens is 2. The number of benzene rings is 1. The number of piperidine rings is 1. The predicted molar refractivity (Wildman–Crippen MR) is 105 cm³/mol. The Hall–Kier alpha value is -1.92. The van der Waals surface area contributed by atoms with E-state index in [1.165, 1.54) is 38.0 Å². The maximum absolute atomic E-state index is 5.40. The lowest BCUT2D eigenvalue weighted by atomic mass is 10.0. The van der Waals surface area contributed by atoms with Crippen molar-refractivity contribution in [3.8, 4) is 5.88 Å². The largest absolute Gasteiger partial charge is 0.480 e. The molecule has 0 radical (unpaired) electrons. The maximum Gasteiger partial charge on any atom is 0.224 e. The summed E-state index contributed by atoms with van der Waals surface area (Å²) >= 11 is 0. The van der Waals surface area contributed by atoms with Crippen LogP contribution in [0.4, 0.5) is 5.69 Å². The van der Waals surface area contributed by atoms with Crippen LogP contribution in [0.1, 0.15) is 19.3 Å². The highest BCUT2D eigenvalue weighted by Gasteiger charge is 2.24. The lowest BCUT2D eigenvalue weighted by Gasteiger charge is -2.40. The highest BCUT2D eigenvalue weighted by molar-refractivity contribution is 5.86. The smallest absolute Gasteiger partial charge is 0.224 e. The molecule has 0 bridgehead atoms. The van der Waals surface area contributed by atoms with E-state index >= 15 is 0 Å². The van der Waals surface area contributed by atoms with Crippen molar-refractivity contribution in [2.45, 2.75) is 25.3 Å². The summed E-state index contributed by atoms with van der Waals surface area (Å²) in [5, 5.41) is 0.985. The van der Waals surface area contributed by atoms with E-state index in [9.17, 15) is 0 Å². The van der Waals surface area contributed by atoms with Crippen molar-refractivity contribution in [2.75, 3.05) is 58.3 Å². The van der Waals surface area contributed by atoms with Crippen LogP contribution in [0, 0.1) is 0 Å². The molecule has 2 aliphatic rings. The van der Waals surface area contributed by atoms with Crippen molar-refractivity contribution in [1.82, 2.24) is 19.8 Å². The van der Waals surface area contributed by atoms with Gasteiger partial charge in [0.15, 0.2) is 0 Å². The van der Waals surface area contributed by atoms with E-state index in [0.717, 1.165) is 43.1 Å². The third kappa shape index (κ3) is 3.62. The van der Waals surface area contributed by atoms with Crippen LogP contribution in [0.2, 0.25) is 0 Å². The van der Waals surface area contributed by atoms with Crippen LogP contribution in [0.5, 0.6) is 5.88 Å². The van der Waals surface area contributed by atoms with Gasteiger partial charge in [-0.1, -0.05) is 6.42 Å². The van der Waals surface area contributed by atoms with Crippen LogP contribution >= 0.6 is 0 Å². The molecular formula is C20H29N5O. The molecule has 2 saturated heterocycles. The third-order valence-corrected chi connectivity index (χ3v) is 5.90. The molecule has 1 aromatic carbocycles. The number of nitrogens with zero attached hydrogens (tertiary/aromatic N) is 5. The standard InChI is InChI=1S/C20H29N5O/c1-23-8-4-3-5-17(23)14-24-9-11-25(12-10-24)16-6-7-19-18(13-16)20(26-2)22-15-21-19/h6-7,13,15,17H,3-5,8-12,14H2,1-2H3. The molecule has 26 heavy (non-hydrogen) atoms. The molecule has 2 fully saturated rings. The monoisotopic (exact) mass is 355 g/mol. The van der Waals surface area contributed by atoms with Gasteiger partial charge in [-0.15, -0.1) is 0 Å². The second-order valence-electron chi connectivity index (χ2n) is 7.50. The van der Waals surface area contributed by atoms with Gasteiger partial charge in [0.2, 0.25) is 5.88 Å². The van der Waals surface area contributed by atoms with E-state index in [1.54, 1.807) is 13.4 Å². The van der Waals surface area contributed by atoms with E-state index in [-0.39, 0.29) is 0 Å². The van der Waals surface area contributed by atoms with E-state index in [2.05, 4.69) is 49.9 Å². The predicted octanol–water partition coefficient (Wildman–Crippen LogP) is 2.24. The molecule has 0 saturated carbocycles. The molecule has 2 aromatic rings. The van der Waals surface area contributed by atoms with Crippen molar-refractivity contribution in [1.29, 1.82) is 0 Å². The summed E-state index contributed by atoms with van der Waals surface area (Å²) in [6.07, 6.45) is 5.65. The molecule has 0 amide bonds. The zero-order valence-electron chi connectivity index (χ0n) is 15.9. The van der Waals surface area contributed by atoms with Gasteiger partial charge in [0.1, 0.15) is 6.33 Å². The number of anilines is 1. The van der Waals surface area contributed by atoms with Gasteiger partial charge in [0, 0.05) is 44.5 Å². The van der Waals surface area contributed by atoms with Gasteiger partial charge in [0.05, 0.1) is 18.0 Å². The third-order valence-electron chi connectivity index (χ3n) is 5.90. The van der Waals surface area contributed by atoms with Gasteiger partial charge in [0.25, 0.3) is 0 Å². The van der Waals surface area contributed by atoms with Crippen LogP contribution in [0.3, 0.4) is 0 Å². The number of hydrogen-bond donors (Lipinski definition) is 0. The van der Waals surface area contributed by atoms with Gasteiger partial charge in [-0.05, 0) is 44.6 Å². The van der Waals surface area contributed by atoms with Crippen LogP contribution in [-0.4, -0.2) is 79.2 Å². The highest BCUT2D eigenvalue weighted by Crippen LogP contribution is 2.27. The van der Waals surface area contributed by atoms with E-state index in [0.29, 0.717) is 5.88 Å². The van der Waals surface area contributed by atoms with Crippen LogP contribution in [-0.2, 0) is 0 Å². The molecule has 2 aliphatic heterocycles. The summed E-state index contributed by atoms with van der Waals surface area (Å²) < 4.78 is 5.40. The van der Waals surface area contributed by atoms with Crippen LogP contribution in [0.25, 0.3) is 10.9 Å². The Morgan fingerprint density at radius 1 is 1.08 bits per heavy atom. The zero-order chi connectivity index (χ0) is 17.9. The topological polar surface area (TPSA) is 44.7 Å². The normalized spacial score (nSPS) is 22.7. The van der Waals surface area contributed by atoms with Gasteiger partial charge in [-0.2, -0.15) is 0 Å². The fraction of sp³-hybridized carbons (Fsp3) is 0.600. The molecule has 0 aliphatic carbocycles. The summed E-state index contributed by atoms with van der Waals surface area (Å²) in [7, 11) is 3.94. The zero-order valence-corrected chi connectivity index (χ0v) is 15.9. The highest BCUT2D eigenvalue weighted by atomic mass is 16.5. The molecule has 140 valence electrons. The first kappa shape index (κ1) is 17.5. The SMILES string of the molecule is COc1ncnc2ccc(N3CCN(CC4CCCCN4C)CC3)cc12. The minimum Gasteiger partial charge on any atom is -0.480 e. The quantitative estimate of drug-likeness (QED) is 0.838. The van der Waals surface area contributed by atoms with E-state index in [1.807, 2.05) is 0 Å². The summed E-state index contributed by atoms with van der Waals surface area (Å²) in [5.41, 5.74) is 2.17. The number of piperazine rings is 1. The van der Waals surface area contributed by atoms with Crippen molar-refractivity contribution in [2.24, 2.45) is 0 Å². The van der Waals surface area contributed by atoms with E-state index < -0.39 is 0 Å². The summed E-state index contributed by atoms with van der Waals surface area (Å²) in [6.45, 7) is 6.86. The average molecular weight is 355 g/mol. The molecule has 1 atom stereocenters. The first-order chi connectivity index (χ1) is 12.7. The summed E-state index contributed by atoms with van der Waals surface area (Å²) in [5.74, 6) is 0.649. The summed E-state index contributed by atoms with van der Waals surface area (Å²) in [6, 6.07) is 7.13. The molecule has 1 aromatic heterocycles. The maximum atomic E-state index is 5.40. The minimum absolute atomic E-state index is 0.649. The number of hydrogen-bond acceptors (Lipinski definition) is 6. The number of fused-ring (bicyclic) bond motifs is 1. The first-order valence-electron chi connectivity index (χ1n) is 9.71. The number of ether oxygens (including phenoxy) is 1. The van der Waals surface area contributed by atoms with Gasteiger partial charge in [-0.3, -0.25) is 4.90 Å². The van der Waals surface area contributed by atoms with Crippen molar-refractivity contribution in [3.05, 3.63) is 24.5 Å². The molecule has 6 heteroatoms. The molecule has 4 rings (SSSR count). The fourth-order valence-electron chi connectivity index (χ4n) is 4.24.